The monoisotopic (exact) mass is 590 g/mol. The molecule has 13 heteroatoms. The Morgan fingerprint density at radius 2 is 1.24 bits per heavy atom. The van der Waals surface area contributed by atoms with Crippen LogP contribution in [-0.4, -0.2) is 106 Å². The minimum atomic E-state index is -1.18. The van der Waals surface area contributed by atoms with Crippen molar-refractivity contribution in [2.75, 3.05) is 59.4 Å². The van der Waals surface area contributed by atoms with Gasteiger partial charge in [-0.15, -0.1) is 0 Å². The predicted molar refractivity (Wildman–Crippen MR) is 150 cm³/mol. The van der Waals surface area contributed by atoms with E-state index in [0.29, 0.717) is 65.3 Å². The number of hydrogen-bond donors (Lipinski definition) is 4. The van der Waals surface area contributed by atoms with Crippen LogP contribution in [0.25, 0.3) is 0 Å². The lowest BCUT2D eigenvalue weighted by Gasteiger charge is -2.13. The van der Waals surface area contributed by atoms with Gasteiger partial charge in [0, 0.05) is 25.8 Å². The molecule has 4 N–H and O–H groups in total. The third-order valence-corrected chi connectivity index (χ3v) is 6.16. The molecule has 0 aromatic heterocycles. The average Bonchev–Trinajstić information content (AvgIpc) is 2.94. The van der Waals surface area contributed by atoms with Crippen LogP contribution in [0, 0.1) is 5.92 Å². The summed E-state index contributed by atoms with van der Waals surface area (Å²) in [5.41, 5.74) is 0. The molecule has 0 radical (unpaired) electrons. The van der Waals surface area contributed by atoms with E-state index in [1.807, 2.05) is 6.92 Å². The van der Waals surface area contributed by atoms with Crippen LogP contribution >= 0.6 is 0 Å². The van der Waals surface area contributed by atoms with Crippen LogP contribution in [0.5, 0.6) is 0 Å². The summed E-state index contributed by atoms with van der Waals surface area (Å²) in [6.07, 6.45) is 7.29. The van der Waals surface area contributed by atoms with Crippen LogP contribution in [0.4, 0.5) is 0 Å². The van der Waals surface area contributed by atoms with E-state index >= 15 is 0 Å². The normalized spacial score (nSPS) is 12.4. The van der Waals surface area contributed by atoms with Crippen LogP contribution < -0.4 is 10.6 Å². The van der Waals surface area contributed by atoms with Crippen molar-refractivity contribution >= 4 is 30.0 Å². The van der Waals surface area contributed by atoms with Gasteiger partial charge in [0.05, 0.1) is 58.8 Å². The van der Waals surface area contributed by atoms with Gasteiger partial charge in [0.25, 0.3) is 0 Å². The molecule has 0 saturated carbocycles. The van der Waals surface area contributed by atoms with Gasteiger partial charge < -0.3 is 44.6 Å². The average molecular weight is 591 g/mol. The van der Waals surface area contributed by atoms with Crippen LogP contribution in [0.3, 0.4) is 0 Å². The lowest BCUT2D eigenvalue weighted by Crippen LogP contribution is -2.41. The molecule has 0 heterocycles. The van der Waals surface area contributed by atoms with Gasteiger partial charge in [0.15, 0.2) is 0 Å². The van der Waals surface area contributed by atoms with E-state index in [4.69, 9.17) is 29.2 Å². The number of carbonyl (C=O) groups excluding carboxylic acids is 3. The standard InChI is InChI=1S/C28H50N2O11/c1-2-23(27(34)35)9-6-4-3-5-7-11-25(32)29-13-16-39-18-20-41-22-21-40-19-17-38-15-12-26(33)30-24(28(36)37)10-8-14-31/h14,23-24H,2-13,15-22H2,1H3,(H,29,32)(H,30,33)(H,34,35)(H,36,37). The van der Waals surface area contributed by atoms with Gasteiger partial charge in [-0.3, -0.25) is 14.4 Å². The van der Waals surface area contributed by atoms with Crippen molar-refractivity contribution in [1.29, 1.82) is 0 Å². The summed E-state index contributed by atoms with van der Waals surface area (Å²) in [5, 5.41) is 23.2. The highest BCUT2D eigenvalue weighted by atomic mass is 16.6. The number of ether oxygens (including phenoxy) is 4. The van der Waals surface area contributed by atoms with Crippen LogP contribution in [-0.2, 0) is 42.9 Å². The first kappa shape index (κ1) is 38.4. The summed E-state index contributed by atoms with van der Waals surface area (Å²) in [5.74, 6) is -2.59. The van der Waals surface area contributed by atoms with Crippen molar-refractivity contribution < 1.29 is 53.1 Å². The first-order valence-corrected chi connectivity index (χ1v) is 14.6. The fourth-order valence-corrected chi connectivity index (χ4v) is 3.75. The lowest BCUT2D eigenvalue weighted by molar-refractivity contribution is -0.142. The summed E-state index contributed by atoms with van der Waals surface area (Å²) in [6, 6.07) is -1.09. The van der Waals surface area contributed by atoms with E-state index < -0.39 is 23.9 Å². The van der Waals surface area contributed by atoms with E-state index in [1.54, 1.807) is 0 Å². The van der Waals surface area contributed by atoms with E-state index in [0.717, 1.165) is 38.5 Å². The quantitative estimate of drug-likeness (QED) is 0.0707. The summed E-state index contributed by atoms with van der Waals surface area (Å²) < 4.78 is 21.5. The number of hydrogen-bond acceptors (Lipinski definition) is 9. The van der Waals surface area contributed by atoms with Gasteiger partial charge in [-0.2, -0.15) is 0 Å². The van der Waals surface area contributed by atoms with Gasteiger partial charge in [-0.1, -0.05) is 32.6 Å². The third kappa shape index (κ3) is 24.9. The molecule has 2 atom stereocenters. The van der Waals surface area contributed by atoms with Crippen LogP contribution in [0.15, 0.2) is 0 Å². The number of aldehydes is 1. The molecule has 0 rings (SSSR count). The smallest absolute Gasteiger partial charge is 0.326 e. The van der Waals surface area contributed by atoms with E-state index in [-0.39, 0.29) is 44.3 Å². The Hall–Kier alpha value is -2.61. The Morgan fingerprint density at radius 1 is 0.683 bits per heavy atom. The molecule has 0 bridgehead atoms. The number of unbranched alkanes of at least 4 members (excludes halogenated alkanes) is 4. The van der Waals surface area contributed by atoms with Crippen molar-refractivity contribution in [1.82, 2.24) is 10.6 Å². The number of nitrogens with one attached hydrogen (secondary N) is 2. The number of carboxylic acid groups (broad SMARTS) is 2. The van der Waals surface area contributed by atoms with Gasteiger partial charge in [-0.05, 0) is 25.7 Å². The van der Waals surface area contributed by atoms with Gasteiger partial charge in [-0.25, -0.2) is 4.79 Å². The SMILES string of the molecule is CCC(CCCCCCCC(=O)NCCOCCOCCOCCOCCC(=O)NC(CCC=O)C(=O)O)C(=O)O. The van der Waals surface area contributed by atoms with Crippen molar-refractivity contribution in [2.45, 2.75) is 83.6 Å². The largest absolute Gasteiger partial charge is 0.481 e. The van der Waals surface area contributed by atoms with Gasteiger partial charge in [0.1, 0.15) is 12.3 Å². The molecule has 0 spiro atoms. The topological polar surface area (TPSA) is 187 Å². The molecule has 0 aromatic rings. The molecule has 2 amide bonds. The molecule has 0 aliphatic heterocycles. The van der Waals surface area contributed by atoms with Crippen molar-refractivity contribution in [3.05, 3.63) is 0 Å². The van der Waals surface area contributed by atoms with Gasteiger partial charge >= 0.3 is 11.9 Å². The highest BCUT2D eigenvalue weighted by Crippen LogP contribution is 2.15. The van der Waals surface area contributed by atoms with Gasteiger partial charge in [0.2, 0.25) is 11.8 Å². The van der Waals surface area contributed by atoms with E-state index in [1.165, 1.54) is 0 Å². The maximum Gasteiger partial charge on any atom is 0.326 e. The molecule has 13 nitrogen and oxygen atoms in total. The Labute approximate surface area is 243 Å². The molecule has 0 saturated heterocycles. The second-order valence-corrected chi connectivity index (χ2v) is 9.50. The molecule has 41 heavy (non-hydrogen) atoms. The zero-order valence-corrected chi connectivity index (χ0v) is 24.4. The highest BCUT2D eigenvalue weighted by Gasteiger charge is 2.19. The third-order valence-electron chi connectivity index (χ3n) is 6.16. The molecule has 0 fully saturated rings. The molecular weight excluding hydrogens is 540 g/mol. The Morgan fingerprint density at radius 3 is 1.80 bits per heavy atom. The lowest BCUT2D eigenvalue weighted by atomic mass is 9.98. The summed E-state index contributed by atoms with van der Waals surface area (Å²) in [6.45, 7) is 5.04. The number of aliphatic carboxylic acids is 2. The predicted octanol–water partition coefficient (Wildman–Crippen LogP) is 1.95. The number of carbonyl (C=O) groups is 5. The van der Waals surface area contributed by atoms with Crippen LogP contribution in [0.1, 0.15) is 77.6 Å². The van der Waals surface area contributed by atoms with Crippen molar-refractivity contribution in [3.63, 3.8) is 0 Å². The zero-order valence-electron chi connectivity index (χ0n) is 24.4. The Kier molecular flexibility index (Phi) is 25.8. The first-order chi connectivity index (χ1) is 19.8. The van der Waals surface area contributed by atoms with E-state index in [2.05, 4.69) is 10.6 Å². The van der Waals surface area contributed by atoms with Crippen molar-refractivity contribution in [3.8, 4) is 0 Å². The number of carboxylic acids is 2. The summed E-state index contributed by atoms with van der Waals surface area (Å²) in [4.78, 5) is 56.0. The summed E-state index contributed by atoms with van der Waals surface area (Å²) in [7, 11) is 0. The maximum atomic E-state index is 11.8. The molecule has 238 valence electrons. The minimum absolute atomic E-state index is 0.00378. The molecule has 2 unspecified atom stereocenters. The highest BCUT2D eigenvalue weighted by molar-refractivity contribution is 5.83. The Balaban J connectivity index is 3.41. The minimum Gasteiger partial charge on any atom is -0.481 e. The zero-order chi connectivity index (χ0) is 30.6. The number of amides is 2. The molecule has 0 aliphatic rings. The second kappa shape index (κ2) is 27.6. The molecular formula is C28H50N2O11. The first-order valence-electron chi connectivity index (χ1n) is 14.6. The summed E-state index contributed by atoms with van der Waals surface area (Å²) >= 11 is 0. The van der Waals surface area contributed by atoms with Crippen molar-refractivity contribution in [2.24, 2.45) is 5.92 Å². The second-order valence-electron chi connectivity index (χ2n) is 9.50. The fraction of sp³-hybridized carbons (Fsp3) is 0.821. The maximum absolute atomic E-state index is 11.8. The fourth-order valence-electron chi connectivity index (χ4n) is 3.75. The Bertz CT molecular complexity index is 721. The van der Waals surface area contributed by atoms with Crippen LogP contribution in [0.2, 0.25) is 0 Å². The number of rotatable bonds is 30. The molecule has 0 aliphatic carbocycles. The van der Waals surface area contributed by atoms with E-state index in [9.17, 15) is 24.0 Å². The molecule has 0 aromatic carbocycles.